The Morgan fingerprint density at radius 2 is 2.08 bits per heavy atom. The van der Waals surface area contributed by atoms with E-state index in [2.05, 4.69) is 22.6 Å². The van der Waals surface area contributed by atoms with Crippen LogP contribution in [-0.4, -0.2) is 51.9 Å². The molecule has 0 saturated carbocycles. The molecule has 1 aromatic carbocycles. The molecule has 37 heavy (non-hydrogen) atoms. The van der Waals surface area contributed by atoms with Gasteiger partial charge in [-0.2, -0.15) is 0 Å². The van der Waals surface area contributed by atoms with Crippen LogP contribution in [0, 0.1) is 21.3 Å². The van der Waals surface area contributed by atoms with E-state index < -0.39 is 23.9 Å². The molecule has 9 heteroatoms. The van der Waals surface area contributed by atoms with Gasteiger partial charge in [-0.15, -0.1) is 11.3 Å². The molecule has 1 saturated heterocycles. The van der Waals surface area contributed by atoms with Gasteiger partial charge in [0.15, 0.2) is 11.5 Å². The first-order valence-electron chi connectivity index (χ1n) is 12.3. The van der Waals surface area contributed by atoms with Crippen LogP contribution >= 0.6 is 33.9 Å². The van der Waals surface area contributed by atoms with E-state index in [0.29, 0.717) is 34.2 Å². The molecule has 1 aliphatic heterocycles. The van der Waals surface area contributed by atoms with E-state index in [1.54, 1.807) is 6.07 Å². The number of phenolic OH excluding ortho intramolecular Hbond substituents is 1. The van der Waals surface area contributed by atoms with Gasteiger partial charge in [-0.05, 0) is 90.4 Å². The van der Waals surface area contributed by atoms with E-state index >= 15 is 0 Å². The van der Waals surface area contributed by atoms with Crippen LogP contribution in [-0.2, 0) is 16.1 Å². The van der Waals surface area contributed by atoms with Gasteiger partial charge in [0.05, 0.1) is 41.8 Å². The molecule has 7 nitrogen and oxygen atoms in total. The molecule has 1 fully saturated rings. The molecule has 3 N–H and O–H groups in total. The van der Waals surface area contributed by atoms with Crippen LogP contribution < -0.4 is 4.74 Å². The number of hydrogen-bond donors (Lipinski definition) is 3. The molecule has 4 rings (SSSR count). The van der Waals surface area contributed by atoms with Crippen molar-refractivity contribution in [1.29, 1.82) is 0 Å². The highest BCUT2D eigenvalue weighted by Gasteiger charge is 2.54. The van der Waals surface area contributed by atoms with Crippen molar-refractivity contribution in [2.75, 3.05) is 13.7 Å². The Morgan fingerprint density at radius 1 is 1.32 bits per heavy atom. The number of thiophene rings is 1. The lowest BCUT2D eigenvalue weighted by atomic mass is 9.68. The van der Waals surface area contributed by atoms with Crippen molar-refractivity contribution in [2.45, 2.75) is 45.8 Å². The maximum Gasteiger partial charge on any atom is 0.234 e. The number of aliphatic hydroxyl groups is 2. The molecule has 2 aliphatic rings. The molecule has 0 unspecified atom stereocenters. The zero-order valence-corrected chi connectivity index (χ0v) is 24.1. The second-order valence-electron chi connectivity index (χ2n) is 9.80. The Morgan fingerprint density at radius 3 is 2.73 bits per heavy atom. The largest absolute Gasteiger partial charge is 0.504 e. The molecule has 1 aliphatic carbocycles. The number of benzene rings is 1. The predicted octanol–water partition coefficient (Wildman–Crippen LogP) is 4.74. The number of likely N-dealkylation sites (tertiary alicyclic amines) is 1. The van der Waals surface area contributed by atoms with Gasteiger partial charge >= 0.3 is 0 Å². The van der Waals surface area contributed by atoms with Gasteiger partial charge in [-0.1, -0.05) is 23.3 Å². The third-order valence-corrected chi connectivity index (χ3v) is 9.05. The van der Waals surface area contributed by atoms with Gasteiger partial charge < -0.3 is 20.1 Å². The summed E-state index contributed by atoms with van der Waals surface area (Å²) in [6.07, 6.45) is 2.60. The standard InChI is InChI=1S/C28H32INO6S/c1-15(9-17-11-21(29)26(33)23(12-17)36-3)6-7-22(32)24-16(2)10-19-25(20(24)14-31)28(35)30(27(19)34)13-18-5-4-8-37-18/h4-5,8-9,11-12,19-20,22,25,31-33H,6-7,10,13-14H2,1-3H3/b15-9+/t19-,20+,22-,25-/m1/s1. The zero-order valence-electron chi connectivity index (χ0n) is 21.1. The third kappa shape index (κ3) is 5.64. The maximum absolute atomic E-state index is 13.4. The molecular weight excluding hydrogens is 605 g/mol. The maximum atomic E-state index is 13.4. The van der Waals surface area contributed by atoms with Gasteiger partial charge in [0, 0.05) is 10.8 Å². The summed E-state index contributed by atoms with van der Waals surface area (Å²) >= 11 is 3.56. The molecule has 0 spiro atoms. The minimum atomic E-state index is -0.829. The smallest absolute Gasteiger partial charge is 0.234 e. The molecule has 4 atom stereocenters. The number of allylic oxidation sites excluding steroid dienone is 2. The van der Waals surface area contributed by atoms with Crippen molar-refractivity contribution >= 4 is 51.8 Å². The minimum absolute atomic E-state index is 0.107. The highest BCUT2D eigenvalue weighted by atomic mass is 127. The van der Waals surface area contributed by atoms with Crippen LogP contribution in [0.5, 0.6) is 11.5 Å². The first-order valence-corrected chi connectivity index (χ1v) is 14.2. The number of carbonyl (C=O) groups excluding carboxylic acids is 2. The summed E-state index contributed by atoms with van der Waals surface area (Å²) in [6, 6.07) is 7.42. The summed E-state index contributed by atoms with van der Waals surface area (Å²) in [5.74, 6) is -1.65. The number of ether oxygens (including phenoxy) is 1. The second kappa shape index (κ2) is 11.7. The Bertz CT molecular complexity index is 1240. The van der Waals surface area contributed by atoms with Crippen LogP contribution in [0.3, 0.4) is 0 Å². The molecule has 198 valence electrons. The first kappa shape index (κ1) is 27.8. The van der Waals surface area contributed by atoms with Crippen LogP contribution in [0.1, 0.15) is 43.6 Å². The van der Waals surface area contributed by atoms with E-state index in [1.807, 2.05) is 43.5 Å². The Kier molecular flexibility index (Phi) is 8.77. The van der Waals surface area contributed by atoms with Crippen molar-refractivity contribution in [3.05, 3.63) is 60.4 Å². The number of aromatic hydroxyl groups is 1. The van der Waals surface area contributed by atoms with Crippen LogP contribution in [0.4, 0.5) is 0 Å². The summed E-state index contributed by atoms with van der Waals surface area (Å²) < 4.78 is 5.92. The summed E-state index contributed by atoms with van der Waals surface area (Å²) in [5.41, 5.74) is 3.49. The van der Waals surface area contributed by atoms with Crippen molar-refractivity contribution in [2.24, 2.45) is 17.8 Å². The zero-order chi connectivity index (χ0) is 26.9. The molecule has 2 heterocycles. The molecule has 0 bridgehead atoms. The van der Waals surface area contributed by atoms with Crippen molar-refractivity contribution in [3.8, 4) is 11.5 Å². The predicted molar refractivity (Wildman–Crippen MR) is 151 cm³/mol. The summed E-state index contributed by atoms with van der Waals surface area (Å²) in [7, 11) is 1.51. The van der Waals surface area contributed by atoms with E-state index in [9.17, 15) is 24.9 Å². The number of nitrogens with zero attached hydrogens (tertiary/aromatic N) is 1. The number of methoxy groups -OCH3 is 1. The number of amides is 2. The van der Waals surface area contributed by atoms with Gasteiger partial charge in [0.2, 0.25) is 11.8 Å². The SMILES string of the molecule is COc1cc(/C=C(\C)CC[C@@H](O)C2=C(C)C[C@H]3C(=O)N(Cc4cccs4)C(=O)[C@H]3[C@H]2CO)cc(I)c1O. The lowest BCUT2D eigenvalue weighted by Crippen LogP contribution is -2.38. The Labute approximate surface area is 234 Å². The van der Waals surface area contributed by atoms with Gasteiger partial charge in [0.25, 0.3) is 0 Å². The van der Waals surface area contributed by atoms with Crippen LogP contribution in [0.25, 0.3) is 6.08 Å². The molecule has 2 aromatic rings. The quantitative estimate of drug-likeness (QED) is 0.209. The number of carbonyl (C=O) groups is 2. The average Bonchev–Trinajstić information content (AvgIpc) is 3.46. The number of imide groups is 1. The highest BCUT2D eigenvalue weighted by Crippen LogP contribution is 2.46. The Hall–Kier alpha value is -2.21. The number of rotatable bonds is 9. The highest BCUT2D eigenvalue weighted by molar-refractivity contribution is 14.1. The number of phenols is 1. The fraction of sp³-hybridized carbons (Fsp3) is 0.429. The van der Waals surface area contributed by atoms with Crippen LogP contribution in [0.15, 0.2) is 46.4 Å². The van der Waals surface area contributed by atoms with Crippen molar-refractivity contribution in [1.82, 2.24) is 4.90 Å². The lowest BCUT2D eigenvalue weighted by molar-refractivity contribution is -0.140. The molecule has 2 amide bonds. The van der Waals surface area contributed by atoms with Gasteiger partial charge in [-0.3, -0.25) is 14.5 Å². The van der Waals surface area contributed by atoms with Gasteiger partial charge in [0.1, 0.15) is 0 Å². The first-order chi connectivity index (χ1) is 17.7. The summed E-state index contributed by atoms with van der Waals surface area (Å²) in [5, 5.41) is 33.5. The number of halogens is 1. The fourth-order valence-electron chi connectivity index (χ4n) is 5.61. The number of fused-ring (bicyclic) bond motifs is 1. The fourth-order valence-corrected chi connectivity index (χ4v) is 6.92. The summed E-state index contributed by atoms with van der Waals surface area (Å²) in [4.78, 5) is 28.8. The summed E-state index contributed by atoms with van der Waals surface area (Å²) in [6.45, 7) is 3.83. The monoisotopic (exact) mass is 637 g/mol. The lowest BCUT2D eigenvalue weighted by Gasteiger charge is -2.35. The minimum Gasteiger partial charge on any atom is -0.504 e. The van der Waals surface area contributed by atoms with Crippen molar-refractivity contribution < 1.29 is 29.6 Å². The third-order valence-electron chi connectivity index (χ3n) is 7.37. The van der Waals surface area contributed by atoms with E-state index in [-0.39, 0.29) is 30.7 Å². The number of aliphatic hydroxyl groups excluding tert-OH is 2. The van der Waals surface area contributed by atoms with E-state index in [1.165, 1.54) is 23.3 Å². The van der Waals surface area contributed by atoms with E-state index in [4.69, 9.17) is 4.74 Å². The van der Waals surface area contributed by atoms with Crippen molar-refractivity contribution in [3.63, 3.8) is 0 Å². The molecule has 0 radical (unpaired) electrons. The number of hydrogen-bond acceptors (Lipinski definition) is 7. The van der Waals surface area contributed by atoms with E-state index in [0.717, 1.165) is 21.6 Å². The molecule has 1 aromatic heterocycles. The Balaban J connectivity index is 1.49. The molecular formula is C28H32INO6S. The average molecular weight is 638 g/mol. The second-order valence-corrected chi connectivity index (χ2v) is 12.0. The topological polar surface area (TPSA) is 107 Å². The van der Waals surface area contributed by atoms with Gasteiger partial charge in [-0.25, -0.2) is 0 Å². The van der Waals surface area contributed by atoms with Crippen LogP contribution in [0.2, 0.25) is 0 Å². The normalized spacial score (nSPS) is 23.0.